The molecule has 1 unspecified atom stereocenters. The molecule has 0 bridgehead atoms. The summed E-state index contributed by atoms with van der Waals surface area (Å²) in [7, 11) is -1.05. The minimum atomic E-state index is -3.62. The lowest BCUT2D eigenvalue weighted by molar-refractivity contribution is 0.598. The minimum Gasteiger partial charge on any atom is -0.199 e. The second-order valence-corrected chi connectivity index (χ2v) is 6.49. The Labute approximate surface area is 115 Å². The van der Waals surface area contributed by atoms with Crippen molar-refractivity contribution in [3.05, 3.63) is 59.7 Å². The highest BCUT2D eigenvalue weighted by molar-refractivity contribution is 7.90. The third-order valence-corrected chi connectivity index (χ3v) is 4.23. The summed E-state index contributed by atoms with van der Waals surface area (Å²) in [6.07, 6.45) is 1.36. The first-order valence-corrected chi connectivity index (χ1v) is 7.72. The van der Waals surface area contributed by atoms with Gasteiger partial charge in [-0.25, -0.2) is 0 Å². The van der Waals surface area contributed by atoms with Crippen LogP contribution in [0.15, 0.2) is 57.8 Å². The van der Waals surface area contributed by atoms with E-state index in [-0.39, 0.29) is 4.90 Å². The second-order valence-electron chi connectivity index (χ2n) is 4.19. The average Bonchev–Trinajstić information content (AvgIpc) is 2.39. The molecule has 1 atom stereocenters. The fraction of sp³-hybridized carbons (Fsp3) is 0.0714. The molecule has 2 rings (SSSR count). The van der Waals surface area contributed by atoms with Crippen LogP contribution in [0.4, 0.5) is 0 Å². The third-order valence-electron chi connectivity index (χ3n) is 2.60. The van der Waals surface area contributed by atoms with Gasteiger partial charge in [-0.15, -0.1) is 9.24 Å². The molecule has 5 heteroatoms. The Morgan fingerprint density at radius 2 is 1.58 bits per heavy atom. The number of sulfonamides is 1. The molecule has 98 valence electrons. The molecular formula is C14H14NO2PS. The summed E-state index contributed by atoms with van der Waals surface area (Å²) in [5, 5.41) is 1.04. The zero-order chi connectivity index (χ0) is 13.9. The molecule has 3 nitrogen and oxygen atoms in total. The van der Waals surface area contributed by atoms with E-state index >= 15 is 0 Å². The first-order valence-electron chi connectivity index (χ1n) is 5.70. The zero-order valence-electron chi connectivity index (χ0n) is 10.4. The van der Waals surface area contributed by atoms with Gasteiger partial charge in [-0.1, -0.05) is 42.0 Å². The molecule has 0 heterocycles. The van der Waals surface area contributed by atoms with E-state index in [2.05, 4.69) is 13.6 Å². The van der Waals surface area contributed by atoms with Crippen LogP contribution in [-0.2, 0) is 10.0 Å². The molecule has 0 aliphatic carbocycles. The first kappa shape index (κ1) is 13.9. The van der Waals surface area contributed by atoms with Gasteiger partial charge < -0.3 is 0 Å². The van der Waals surface area contributed by atoms with Crippen LogP contribution in [0.5, 0.6) is 0 Å². The Balaban J connectivity index is 2.26. The number of rotatable bonds is 3. The van der Waals surface area contributed by atoms with Crippen LogP contribution in [0.2, 0.25) is 0 Å². The monoisotopic (exact) mass is 291 g/mol. The molecule has 0 aromatic heterocycles. The lowest BCUT2D eigenvalue weighted by Crippen LogP contribution is -1.98. The maximum absolute atomic E-state index is 12.0. The van der Waals surface area contributed by atoms with Gasteiger partial charge in [0, 0.05) is 6.21 Å². The van der Waals surface area contributed by atoms with Gasteiger partial charge in [-0.05, 0) is 29.9 Å². The van der Waals surface area contributed by atoms with Crippen LogP contribution in [0, 0.1) is 6.92 Å². The van der Waals surface area contributed by atoms with Crippen molar-refractivity contribution in [2.24, 2.45) is 4.40 Å². The average molecular weight is 291 g/mol. The van der Waals surface area contributed by atoms with E-state index in [1.807, 2.05) is 31.2 Å². The molecule has 0 radical (unpaired) electrons. The number of hydrogen-bond donors (Lipinski definition) is 0. The summed E-state index contributed by atoms with van der Waals surface area (Å²) in [6, 6.07) is 14.0. The van der Waals surface area contributed by atoms with Gasteiger partial charge in [-0.3, -0.25) is 0 Å². The first-order chi connectivity index (χ1) is 8.97. The third kappa shape index (κ3) is 3.72. The van der Waals surface area contributed by atoms with Crippen molar-refractivity contribution in [2.75, 3.05) is 0 Å². The lowest BCUT2D eigenvalue weighted by atomic mass is 10.2. The molecule has 0 saturated heterocycles. The van der Waals surface area contributed by atoms with Crippen molar-refractivity contribution in [3.8, 4) is 0 Å². The Morgan fingerprint density at radius 3 is 2.16 bits per heavy atom. The summed E-state index contributed by atoms with van der Waals surface area (Å²) in [5.41, 5.74) is 1.76. The fourth-order valence-electron chi connectivity index (χ4n) is 1.48. The van der Waals surface area contributed by atoms with Crippen molar-refractivity contribution in [2.45, 2.75) is 11.8 Å². The van der Waals surface area contributed by atoms with E-state index in [9.17, 15) is 8.42 Å². The predicted octanol–water partition coefficient (Wildman–Crippen LogP) is 2.30. The van der Waals surface area contributed by atoms with E-state index < -0.39 is 10.0 Å². The normalized spacial score (nSPS) is 11.9. The molecular weight excluding hydrogens is 277 g/mol. The Kier molecular flexibility index (Phi) is 4.13. The van der Waals surface area contributed by atoms with Gasteiger partial charge in [-0.2, -0.15) is 12.8 Å². The molecule has 0 aliphatic heterocycles. The van der Waals surface area contributed by atoms with Gasteiger partial charge >= 0.3 is 0 Å². The van der Waals surface area contributed by atoms with Crippen LogP contribution in [0.1, 0.15) is 11.1 Å². The zero-order valence-corrected chi connectivity index (χ0v) is 12.4. The molecule has 0 aliphatic rings. The summed E-state index contributed by atoms with van der Waals surface area (Å²) in [6.45, 7) is 1.91. The van der Waals surface area contributed by atoms with Gasteiger partial charge in [0.1, 0.15) is 0 Å². The van der Waals surface area contributed by atoms with Gasteiger partial charge in [0.2, 0.25) is 0 Å². The highest BCUT2D eigenvalue weighted by atomic mass is 32.2. The fourth-order valence-corrected chi connectivity index (χ4v) is 2.54. The Hall–Kier alpha value is -1.51. The molecule has 0 spiro atoms. The standard InChI is InChI=1S/C14H14NO2PS/c1-11-2-8-14(9-3-11)19(16,17)15-10-12-4-6-13(18)7-5-12/h2-10H,18H2,1H3/b15-10+. The maximum atomic E-state index is 12.0. The molecule has 0 amide bonds. The lowest BCUT2D eigenvalue weighted by Gasteiger charge is -1.99. The molecule has 2 aromatic carbocycles. The van der Waals surface area contributed by atoms with Crippen molar-refractivity contribution >= 4 is 30.8 Å². The summed E-state index contributed by atoms with van der Waals surface area (Å²) >= 11 is 0. The molecule has 19 heavy (non-hydrogen) atoms. The van der Waals surface area contributed by atoms with E-state index in [4.69, 9.17) is 0 Å². The number of hydrogen-bond acceptors (Lipinski definition) is 2. The Bertz CT molecular complexity index is 689. The summed E-state index contributed by atoms with van der Waals surface area (Å²) in [5.74, 6) is 0. The van der Waals surface area contributed by atoms with Crippen molar-refractivity contribution in [3.63, 3.8) is 0 Å². The van der Waals surface area contributed by atoms with E-state index in [0.29, 0.717) is 0 Å². The summed E-state index contributed by atoms with van der Waals surface area (Å²) in [4.78, 5) is 0.206. The predicted molar refractivity (Wildman–Crippen MR) is 81.7 cm³/mol. The van der Waals surface area contributed by atoms with E-state index in [1.165, 1.54) is 6.21 Å². The van der Waals surface area contributed by atoms with Crippen molar-refractivity contribution in [1.29, 1.82) is 0 Å². The van der Waals surface area contributed by atoms with Crippen molar-refractivity contribution in [1.82, 2.24) is 0 Å². The molecule has 0 N–H and O–H groups in total. The minimum absolute atomic E-state index is 0.206. The van der Waals surface area contributed by atoms with Crippen LogP contribution >= 0.6 is 9.24 Å². The molecule has 0 fully saturated rings. The van der Waals surface area contributed by atoms with Crippen LogP contribution in [-0.4, -0.2) is 14.6 Å². The maximum Gasteiger partial charge on any atom is 0.282 e. The summed E-state index contributed by atoms with van der Waals surface area (Å²) < 4.78 is 27.7. The highest BCUT2D eigenvalue weighted by Gasteiger charge is 2.10. The quantitative estimate of drug-likeness (QED) is 0.643. The van der Waals surface area contributed by atoms with Crippen LogP contribution < -0.4 is 5.30 Å². The largest absolute Gasteiger partial charge is 0.282 e. The number of benzene rings is 2. The van der Waals surface area contributed by atoms with Gasteiger partial charge in [0.25, 0.3) is 10.0 Å². The SMILES string of the molecule is Cc1ccc(S(=O)(=O)/N=C/c2ccc(P)cc2)cc1. The molecule has 2 aromatic rings. The smallest absolute Gasteiger partial charge is 0.199 e. The second kappa shape index (κ2) is 5.64. The van der Waals surface area contributed by atoms with E-state index in [1.54, 1.807) is 24.3 Å². The molecule has 0 saturated carbocycles. The number of aryl methyl sites for hydroxylation is 1. The topological polar surface area (TPSA) is 46.5 Å². The number of nitrogens with zero attached hydrogens (tertiary/aromatic N) is 1. The Morgan fingerprint density at radius 1 is 1.00 bits per heavy atom. The van der Waals surface area contributed by atoms with Crippen LogP contribution in [0.3, 0.4) is 0 Å². The van der Waals surface area contributed by atoms with Gasteiger partial charge in [0.15, 0.2) is 0 Å². The highest BCUT2D eigenvalue weighted by Crippen LogP contribution is 2.13. The van der Waals surface area contributed by atoms with Crippen molar-refractivity contribution < 1.29 is 8.42 Å². The van der Waals surface area contributed by atoms with Crippen LogP contribution in [0.25, 0.3) is 0 Å². The van der Waals surface area contributed by atoms with Gasteiger partial charge in [0.05, 0.1) is 4.90 Å². The van der Waals surface area contributed by atoms with E-state index in [0.717, 1.165) is 16.4 Å².